The van der Waals surface area contributed by atoms with Gasteiger partial charge in [-0.15, -0.1) is 0 Å². The van der Waals surface area contributed by atoms with Crippen molar-refractivity contribution in [1.82, 2.24) is 29.9 Å². The molecule has 0 radical (unpaired) electrons. The van der Waals surface area contributed by atoms with Gasteiger partial charge in [0.05, 0.1) is 37.5 Å². The number of carbonyl (C=O) groups excluding carboxylic acids is 5. The lowest BCUT2D eigenvalue weighted by atomic mass is 9.83. The number of aryl methyl sites for hydroxylation is 1. The standard InChI is InChI=1S/C44H61F2N7O9/c1-28(50(5)43(58)62-44(2,3)4)39(54)49-37(29-10-8-7-9-11-29)41(56)52-17-19-53(20-18-52)42(57)38-36(32-26-33(45)34(46)27-35(32)51(38)6)40(55)48-16-21-59-22-23-60-24-25-61-31-14-12-30(47)13-15-31/h12-15,26-29,37H,7-11,16-25,47H2,1-6H3,(H,48,55)(H,49,54)/t28-,37-/m0/s1. The van der Waals surface area contributed by atoms with Crippen LogP contribution in [0.5, 0.6) is 5.75 Å². The molecule has 1 aliphatic carbocycles. The number of nitrogen functional groups attached to an aromatic ring is 1. The largest absolute Gasteiger partial charge is 0.491 e. The van der Waals surface area contributed by atoms with E-state index in [0.29, 0.717) is 24.7 Å². The van der Waals surface area contributed by atoms with Crippen molar-refractivity contribution < 1.29 is 51.7 Å². The predicted molar refractivity (Wildman–Crippen MR) is 228 cm³/mol. The van der Waals surface area contributed by atoms with E-state index in [9.17, 15) is 32.8 Å². The molecule has 2 aromatic carbocycles. The van der Waals surface area contributed by atoms with Crippen LogP contribution in [0.25, 0.3) is 10.9 Å². The summed E-state index contributed by atoms with van der Waals surface area (Å²) >= 11 is 0. The number of benzene rings is 2. The molecule has 2 fully saturated rings. The first-order valence-electron chi connectivity index (χ1n) is 21.2. The van der Waals surface area contributed by atoms with Crippen molar-refractivity contribution in [2.45, 2.75) is 77.5 Å². The second kappa shape index (κ2) is 21.5. The van der Waals surface area contributed by atoms with Gasteiger partial charge in [0.15, 0.2) is 11.6 Å². The van der Waals surface area contributed by atoms with Gasteiger partial charge in [0.2, 0.25) is 11.8 Å². The number of halogens is 2. The number of anilines is 1. The molecule has 2 heterocycles. The lowest BCUT2D eigenvalue weighted by Gasteiger charge is -2.39. The van der Waals surface area contributed by atoms with E-state index in [2.05, 4.69) is 10.6 Å². The molecule has 16 nitrogen and oxygen atoms in total. The van der Waals surface area contributed by atoms with E-state index in [0.717, 1.165) is 44.2 Å². The molecular formula is C44H61F2N7O9. The van der Waals surface area contributed by atoms with Crippen LogP contribution in [0.15, 0.2) is 36.4 Å². The van der Waals surface area contributed by atoms with Crippen molar-refractivity contribution in [2.24, 2.45) is 13.0 Å². The lowest BCUT2D eigenvalue weighted by molar-refractivity contribution is -0.140. The van der Waals surface area contributed by atoms with Gasteiger partial charge in [-0.05, 0) is 76.8 Å². The number of nitrogens with one attached hydrogen (secondary N) is 2. The summed E-state index contributed by atoms with van der Waals surface area (Å²) in [5.74, 6) is -3.72. The molecule has 5 rings (SSSR count). The third-order valence-electron chi connectivity index (χ3n) is 11.2. The van der Waals surface area contributed by atoms with E-state index in [1.807, 2.05) is 0 Å². The zero-order chi connectivity index (χ0) is 45.1. The summed E-state index contributed by atoms with van der Waals surface area (Å²) in [7, 11) is 2.98. The van der Waals surface area contributed by atoms with E-state index >= 15 is 0 Å². The minimum atomic E-state index is -1.17. The smallest absolute Gasteiger partial charge is 0.410 e. The molecule has 2 atom stereocenters. The number of fused-ring (bicyclic) bond motifs is 1. The van der Waals surface area contributed by atoms with Crippen molar-refractivity contribution >= 4 is 46.3 Å². The maximum atomic E-state index is 14.6. The van der Waals surface area contributed by atoms with Crippen molar-refractivity contribution in [3.05, 3.63) is 59.3 Å². The average molecular weight is 870 g/mol. The monoisotopic (exact) mass is 869 g/mol. The fourth-order valence-corrected chi connectivity index (χ4v) is 7.61. The summed E-state index contributed by atoms with van der Waals surface area (Å²) in [5.41, 5.74) is 5.54. The van der Waals surface area contributed by atoms with Gasteiger partial charge in [0, 0.05) is 64.0 Å². The molecule has 5 amide bonds. The number of likely N-dealkylation sites (N-methyl/N-ethyl adjacent to an activating group) is 1. The minimum absolute atomic E-state index is 0.0579. The van der Waals surface area contributed by atoms with Gasteiger partial charge >= 0.3 is 6.09 Å². The number of ether oxygens (including phenoxy) is 4. The van der Waals surface area contributed by atoms with Crippen molar-refractivity contribution in [3.8, 4) is 5.75 Å². The summed E-state index contributed by atoms with van der Waals surface area (Å²) in [6.07, 6.45) is 3.71. The number of rotatable bonds is 17. The second-order valence-electron chi connectivity index (χ2n) is 16.7. The molecule has 1 saturated carbocycles. The molecule has 18 heteroatoms. The summed E-state index contributed by atoms with van der Waals surface area (Å²) < 4.78 is 52.6. The van der Waals surface area contributed by atoms with Crippen LogP contribution in [0.4, 0.5) is 19.3 Å². The predicted octanol–water partition coefficient (Wildman–Crippen LogP) is 4.49. The first kappa shape index (κ1) is 47.6. The number of nitrogens with two attached hydrogens (primary N) is 1. The molecule has 340 valence electrons. The van der Waals surface area contributed by atoms with Crippen LogP contribution >= 0.6 is 0 Å². The van der Waals surface area contributed by atoms with Crippen LogP contribution in [-0.4, -0.2) is 139 Å². The van der Waals surface area contributed by atoms with Gasteiger partial charge < -0.3 is 49.7 Å². The Balaban J connectivity index is 1.19. The topological polar surface area (TPSA) is 187 Å². The molecule has 4 N–H and O–H groups in total. The van der Waals surface area contributed by atoms with Crippen LogP contribution in [0, 0.1) is 17.6 Å². The van der Waals surface area contributed by atoms with Crippen LogP contribution in [0.1, 0.15) is 80.6 Å². The van der Waals surface area contributed by atoms with Crippen molar-refractivity contribution in [3.63, 3.8) is 0 Å². The molecule has 2 aliphatic rings. The van der Waals surface area contributed by atoms with Crippen LogP contribution in [0.3, 0.4) is 0 Å². The zero-order valence-electron chi connectivity index (χ0n) is 36.6. The Morgan fingerprint density at radius 2 is 1.47 bits per heavy atom. The summed E-state index contributed by atoms with van der Waals surface area (Å²) in [4.78, 5) is 72.8. The summed E-state index contributed by atoms with van der Waals surface area (Å²) in [6.45, 7) is 8.63. The van der Waals surface area contributed by atoms with E-state index in [4.69, 9.17) is 24.7 Å². The fourth-order valence-electron chi connectivity index (χ4n) is 7.61. The Morgan fingerprint density at radius 3 is 2.11 bits per heavy atom. The zero-order valence-corrected chi connectivity index (χ0v) is 36.6. The molecule has 0 spiro atoms. The normalized spacial score (nSPS) is 15.8. The van der Waals surface area contributed by atoms with E-state index < -0.39 is 53.1 Å². The minimum Gasteiger partial charge on any atom is -0.491 e. The highest BCUT2D eigenvalue weighted by Gasteiger charge is 2.39. The molecule has 1 saturated heterocycles. The van der Waals surface area contributed by atoms with Gasteiger partial charge in [-0.3, -0.25) is 24.1 Å². The van der Waals surface area contributed by atoms with Gasteiger partial charge in [0.25, 0.3) is 11.8 Å². The number of carbonyl (C=O) groups is 5. The van der Waals surface area contributed by atoms with Gasteiger partial charge in [-0.2, -0.15) is 0 Å². The number of nitrogens with zero attached hydrogens (tertiary/aromatic N) is 4. The SMILES string of the molecule is C[C@@H](C(=O)N[C@H](C(=O)N1CCN(C(=O)c2c(C(=O)NCCOCCOCCOc3ccc(N)cc3)c3cc(F)c(F)cc3n2C)CC1)C1CCCCC1)N(C)C(=O)OC(C)(C)C. The number of aromatic nitrogens is 1. The highest BCUT2D eigenvalue weighted by atomic mass is 19.2. The third-order valence-corrected chi connectivity index (χ3v) is 11.2. The van der Waals surface area contributed by atoms with Crippen molar-refractivity contribution in [1.29, 1.82) is 0 Å². The molecule has 1 aliphatic heterocycles. The Hall–Kier alpha value is -5.49. The Labute approximate surface area is 361 Å². The molecule has 0 bridgehead atoms. The number of amides is 5. The van der Waals surface area contributed by atoms with Gasteiger partial charge in [-0.25, -0.2) is 13.6 Å². The lowest BCUT2D eigenvalue weighted by Crippen LogP contribution is -2.60. The Morgan fingerprint density at radius 1 is 0.871 bits per heavy atom. The number of hydrogen-bond donors (Lipinski definition) is 3. The molecule has 3 aromatic rings. The molecule has 62 heavy (non-hydrogen) atoms. The Kier molecular flexibility index (Phi) is 16.5. The highest BCUT2D eigenvalue weighted by molar-refractivity contribution is 6.16. The first-order chi connectivity index (χ1) is 29.5. The fraction of sp³-hybridized carbons (Fsp3) is 0.568. The van der Waals surface area contributed by atoms with E-state index in [1.165, 1.54) is 28.5 Å². The third kappa shape index (κ3) is 12.3. The van der Waals surface area contributed by atoms with Crippen LogP contribution in [0.2, 0.25) is 0 Å². The van der Waals surface area contributed by atoms with Gasteiger partial charge in [0.1, 0.15) is 35.7 Å². The molecule has 1 aromatic heterocycles. The quantitative estimate of drug-likeness (QED) is 0.129. The van der Waals surface area contributed by atoms with Crippen LogP contribution < -0.4 is 21.1 Å². The average Bonchev–Trinajstić information content (AvgIpc) is 3.52. The summed E-state index contributed by atoms with van der Waals surface area (Å²) in [5, 5.41) is 5.74. The van der Waals surface area contributed by atoms with E-state index in [1.54, 1.807) is 56.9 Å². The molecular weight excluding hydrogens is 809 g/mol. The maximum Gasteiger partial charge on any atom is 0.410 e. The highest BCUT2D eigenvalue weighted by Crippen LogP contribution is 2.31. The Bertz CT molecular complexity index is 2040. The molecule has 0 unspecified atom stereocenters. The van der Waals surface area contributed by atoms with Gasteiger partial charge in [-0.1, -0.05) is 19.3 Å². The maximum absolute atomic E-state index is 14.6. The van der Waals surface area contributed by atoms with Crippen molar-refractivity contribution in [2.75, 3.05) is 78.5 Å². The second-order valence-corrected chi connectivity index (χ2v) is 16.7. The number of piperazine rings is 1. The number of hydrogen-bond acceptors (Lipinski definition) is 10. The first-order valence-corrected chi connectivity index (χ1v) is 21.2. The summed E-state index contributed by atoms with van der Waals surface area (Å²) in [6, 6.07) is 7.11. The van der Waals surface area contributed by atoms with Crippen LogP contribution in [-0.2, 0) is 30.8 Å². The van der Waals surface area contributed by atoms with E-state index in [-0.39, 0.29) is 86.5 Å².